The van der Waals surface area contributed by atoms with Crippen LogP contribution in [0.3, 0.4) is 0 Å². The van der Waals surface area contributed by atoms with Gasteiger partial charge in [-0.3, -0.25) is 4.79 Å². The van der Waals surface area contributed by atoms with Crippen LogP contribution in [0.15, 0.2) is 28.5 Å². The van der Waals surface area contributed by atoms with Crippen LogP contribution in [-0.2, 0) is 9.84 Å². The van der Waals surface area contributed by atoms with Crippen molar-refractivity contribution in [2.45, 2.75) is 24.8 Å². The first-order chi connectivity index (χ1) is 10.7. The van der Waals surface area contributed by atoms with Crippen LogP contribution in [-0.4, -0.2) is 32.0 Å². The van der Waals surface area contributed by atoms with E-state index in [1.54, 1.807) is 19.2 Å². The van der Waals surface area contributed by atoms with Crippen LogP contribution in [0.2, 0.25) is 5.02 Å². The summed E-state index contributed by atoms with van der Waals surface area (Å²) in [4.78, 5) is 15.6. The minimum atomic E-state index is -3.39. The first-order valence-corrected chi connectivity index (χ1v) is 9.97. The molecule has 1 atom stereocenters. The van der Waals surface area contributed by atoms with Crippen molar-refractivity contribution in [3.63, 3.8) is 0 Å². The van der Waals surface area contributed by atoms with E-state index in [4.69, 9.17) is 11.6 Å². The van der Waals surface area contributed by atoms with Gasteiger partial charge in [-0.2, -0.15) is 0 Å². The molecule has 3 rings (SSSR count). The number of rotatable bonds is 2. The van der Waals surface area contributed by atoms with E-state index >= 15 is 0 Å². The molecule has 1 aromatic heterocycles. The molecule has 0 saturated heterocycles. The number of aryl methyl sites for hydroxylation is 1. The Bertz CT molecular complexity index is 902. The van der Waals surface area contributed by atoms with Gasteiger partial charge in [0.1, 0.15) is 0 Å². The second-order valence-corrected chi connectivity index (χ2v) is 9.25. The molecule has 1 amide bonds. The van der Waals surface area contributed by atoms with E-state index in [9.17, 15) is 13.2 Å². The van der Waals surface area contributed by atoms with Crippen LogP contribution in [0.1, 0.15) is 32.4 Å². The predicted molar refractivity (Wildman–Crippen MR) is 92.1 cm³/mol. The molecule has 0 fully saturated rings. The first kappa shape index (κ1) is 16.5. The number of benzene rings is 1. The van der Waals surface area contributed by atoms with E-state index in [0.717, 1.165) is 10.4 Å². The highest BCUT2D eigenvalue weighted by Gasteiger charge is 2.39. The van der Waals surface area contributed by atoms with Gasteiger partial charge in [-0.05, 0) is 43.2 Å². The molecule has 1 aliphatic heterocycles. The van der Waals surface area contributed by atoms with E-state index in [1.165, 1.54) is 22.3 Å². The number of carbonyl (C=O) groups is 1. The number of hydrogen-bond acceptors (Lipinski definition) is 4. The van der Waals surface area contributed by atoms with Crippen LogP contribution < -0.4 is 0 Å². The molecule has 0 radical (unpaired) electrons. The lowest BCUT2D eigenvalue weighted by molar-refractivity contribution is 0.0745. The second kappa shape index (κ2) is 5.61. The summed E-state index contributed by atoms with van der Waals surface area (Å²) in [5.41, 5.74) is 2.17. The van der Waals surface area contributed by atoms with E-state index in [-0.39, 0.29) is 16.6 Å². The molecule has 122 valence electrons. The molecule has 0 spiro atoms. The molecule has 0 N–H and O–H groups in total. The molecule has 0 saturated carbocycles. The lowest BCUT2D eigenvalue weighted by Crippen LogP contribution is -2.32. The summed E-state index contributed by atoms with van der Waals surface area (Å²) < 4.78 is 24.7. The van der Waals surface area contributed by atoms with Crippen molar-refractivity contribution in [2.75, 3.05) is 12.8 Å². The van der Waals surface area contributed by atoms with Crippen molar-refractivity contribution in [1.82, 2.24) is 4.90 Å². The molecule has 1 aliphatic rings. The Hall–Kier alpha value is -1.37. The lowest BCUT2D eigenvalue weighted by atomic mass is 10.1. The normalized spacial score (nSPS) is 18.7. The van der Waals surface area contributed by atoms with Crippen LogP contribution in [0.4, 0.5) is 0 Å². The molecular formula is C16H16ClNO3S2. The highest BCUT2D eigenvalue weighted by Crippen LogP contribution is 2.39. The number of nitrogens with zero attached hydrogens (tertiary/aromatic N) is 1. The fourth-order valence-corrected chi connectivity index (χ4v) is 5.69. The number of fused-ring (bicyclic) bond motifs is 1. The average Bonchev–Trinajstić information content (AvgIpc) is 2.95. The summed E-state index contributed by atoms with van der Waals surface area (Å²) in [6.45, 7) is 3.87. The van der Waals surface area contributed by atoms with Gasteiger partial charge in [0.15, 0.2) is 9.84 Å². The van der Waals surface area contributed by atoms with Gasteiger partial charge in [0.2, 0.25) is 0 Å². The third kappa shape index (κ3) is 2.69. The van der Waals surface area contributed by atoms with Gasteiger partial charge in [0.25, 0.3) is 5.91 Å². The Kier molecular flexibility index (Phi) is 4.02. The van der Waals surface area contributed by atoms with Crippen molar-refractivity contribution in [1.29, 1.82) is 0 Å². The van der Waals surface area contributed by atoms with E-state index in [1.807, 2.05) is 19.2 Å². The van der Waals surface area contributed by atoms with Gasteiger partial charge in [0.05, 0.1) is 22.3 Å². The van der Waals surface area contributed by atoms with Gasteiger partial charge >= 0.3 is 0 Å². The molecule has 2 heterocycles. The molecule has 0 aliphatic carbocycles. The number of amides is 1. The van der Waals surface area contributed by atoms with Crippen molar-refractivity contribution in [3.8, 4) is 0 Å². The maximum Gasteiger partial charge on any atom is 0.255 e. The Labute approximate surface area is 144 Å². The maximum absolute atomic E-state index is 12.8. The summed E-state index contributed by atoms with van der Waals surface area (Å²) in [5, 5.41) is 2.29. The zero-order valence-electron chi connectivity index (χ0n) is 13.0. The molecule has 7 heteroatoms. The van der Waals surface area contributed by atoms with Gasteiger partial charge in [0, 0.05) is 22.3 Å². The van der Waals surface area contributed by atoms with E-state index in [2.05, 4.69) is 0 Å². The zero-order valence-corrected chi connectivity index (χ0v) is 15.3. The Morgan fingerprint density at radius 1 is 1.35 bits per heavy atom. The average molecular weight is 370 g/mol. The van der Waals surface area contributed by atoms with Crippen molar-refractivity contribution >= 4 is 38.7 Å². The third-order valence-corrected chi connectivity index (χ3v) is 7.39. The fraction of sp³-hybridized carbons (Fsp3) is 0.312. The fourth-order valence-electron chi connectivity index (χ4n) is 2.83. The number of halogens is 1. The summed E-state index contributed by atoms with van der Waals surface area (Å²) in [7, 11) is -1.74. The first-order valence-electron chi connectivity index (χ1n) is 7.06. The third-order valence-electron chi connectivity index (χ3n) is 4.35. The van der Waals surface area contributed by atoms with Gasteiger partial charge in [-0.25, -0.2) is 8.42 Å². The van der Waals surface area contributed by atoms with Gasteiger partial charge < -0.3 is 4.90 Å². The molecule has 1 aromatic carbocycles. The van der Waals surface area contributed by atoms with Crippen LogP contribution in [0.5, 0.6) is 0 Å². The molecule has 2 aromatic rings. The lowest BCUT2D eigenvalue weighted by Gasteiger charge is -2.24. The molecule has 0 bridgehead atoms. The quantitative estimate of drug-likeness (QED) is 0.812. The number of thiophene rings is 1. The van der Waals surface area contributed by atoms with Crippen LogP contribution >= 0.6 is 22.9 Å². The number of carbonyl (C=O) groups excluding carboxylic acids is 1. The SMILES string of the molecule is Cc1scc(C(=O)N(C)C2CS(=O)(=O)c3ccc(Cl)cc32)c1C. The van der Waals surface area contributed by atoms with Crippen molar-refractivity contribution < 1.29 is 13.2 Å². The summed E-state index contributed by atoms with van der Waals surface area (Å²) >= 11 is 7.54. The predicted octanol–water partition coefficient (Wildman–Crippen LogP) is 3.62. The van der Waals surface area contributed by atoms with Crippen LogP contribution in [0.25, 0.3) is 0 Å². The highest BCUT2D eigenvalue weighted by molar-refractivity contribution is 7.91. The smallest absolute Gasteiger partial charge is 0.255 e. The second-order valence-electron chi connectivity index (χ2n) is 5.73. The van der Waals surface area contributed by atoms with E-state index in [0.29, 0.717) is 16.1 Å². The molecule has 23 heavy (non-hydrogen) atoms. The number of hydrogen-bond donors (Lipinski definition) is 0. The van der Waals surface area contributed by atoms with Crippen LogP contribution in [0, 0.1) is 13.8 Å². The Morgan fingerprint density at radius 2 is 2.04 bits per heavy atom. The zero-order chi connectivity index (χ0) is 16.9. The molecule has 1 unspecified atom stereocenters. The standard InChI is InChI=1S/C16H16ClNO3S2/c1-9-10(2)22-7-13(9)16(19)18(3)14-8-23(20,21)15-5-4-11(17)6-12(14)15/h4-7,14H,8H2,1-3H3. The largest absolute Gasteiger partial charge is 0.334 e. The summed E-state index contributed by atoms with van der Waals surface area (Å²) in [6.07, 6.45) is 0. The minimum Gasteiger partial charge on any atom is -0.334 e. The molecular weight excluding hydrogens is 354 g/mol. The monoisotopic (exact) mass is 369 g/mol. The van der Waals surface area contributed by atoms with Gasteiger partial charge in [-0.15, -0.1) is 11.3 Å². The topological polar surface area (TPSA) is 54.5 Å². The molecule has 4 nitrogen and oxygen atoms in total. The van der Waals surface area contributed by atoms with E-state index < -0.39 is 15.9 Å². The maximum atomic E-state index is 12.8. The van der Waals surface area contributed by atoms with Crippen molar-refractivity contribution in [2.24, 2.45) is 0 Å². The highest BCUT2D eigenvalue weighted by atomic mass is 35.5. The Balaban J connectivity index is 2.02. The van der Waals surface area contributed by atoms with Crippen molar-refractivity contribution in [3.05, 3.63) is 50.2 Å². The minimum absolute atomic E-state index is 0.104. The Morgan fingerprint density at radius 3 is 2.65 bits per heavy atom. The van der Waals surface area contributed by atoms with Gasteiger partial charge in [-0.1, -0.05) is 11.6 Å². The summed E-state index contributed by atoms with van der Waals surface area (Å²) in [6, 6.07) is 4.21. The summed E-state index contributed by atoms with van der Waals surface area (Å²) in [5.74, 6) is -0.271. The number of sulfone groups is 1.